The maximum Gasteiger partial charge on any atom is 0.141 e. The van der Waals surface area contributed by atoms with Gasteiger partial charge in [0.1, 0.15) is 5.75 Å². The van der Waals surface area contributed by atoms with Crippen molar-refractivity contribution in [2.24, 2.45) is 5.92 Å². The van der Waals surface area contributed by atoms with E-state index in [-0.39, 0.29) is 0 Å². The molecule has 2 unspecified atom stereocenters. The van der Waals surface area contributed by atoms with Crippen molar-refractivity contribution in [1.29, 1.82) is 0 Å². The number of methoxy groups -OCH3 is 1. The van der Waals surface area contributed by atoms with Gasteiger partial charge in [0.2, 0.25) is 0 Å². The highest BCUT2D eigenvalue weighted by atomic mass is 16.5. The lowest BCUT2D eigenvalue weighted by Gasteiger charge is -2.30. The van der Waals surface area contributed by atoms with Gasteiger partial charge in [0.15, 0.2) is 0 Å². The summed E-state index contributed by atoms with van der Waals surface area (Å²) < 4.78 is 5.36. The Morgan fingerprint density at radius 1 is 1.19 bits per heavy atom. The second kappa shape index (κ2) is 5.24. The minimum absolute atomic E-state index is 0.602. The Morgan fingerprint density at radius 2 is 1.94 bits per heavy atom. The molecule has 1 aromatic carbocycles. The molecule has 0 heterocycles. The highest BCUT2D eigenvalue weighted by Crippen LogP contribution is 2.30. The van der Waals surface area contributed by atoms with E-state index in [4.69, 9.17) is 4.74 Å². The van der Waals surface area contributed by atoms with Gasteiger partial charge in [-0.25, -0.2) is 0 Å². The van der Waals surface area contributed by atoms with Crippen LogP contribution in [0.2, 0.25) is 0 Å². The van der Waals surface area contributed by atoms with Crippen molar-refractivity contribution in [2.75, 3.05) is 12.4 Å². The molecule has 1 aliphatic rings. The summed E-state index contributed by atoms with van der Waals surface area (Å²) in [6.45, 7) is 2.34. The molecule has 1 fully saturated rings. The molecule has 0 spiro atoms. The van der Waals surface area contributed by atoms with Crippen LogP contribution in [0.5, 0.6) is 5.75 Å². The number of para-hydroxylation sites is 2. The predicted octanol–water partition coefficient (Wildman–Crippen LogP) is 3.69. The molecule has 0 aromatic heterocycles. The van der Waals surface area contributed by atoms with Crippen molar-refractivity contribution in [3.63, 3.8) is 0 Å². The first kappa shape index (κ1) is 11.3. The predicted molar refractivity (Wildman–Crippen MR) is 68.0 cm³/mol. The zero-order valence-corrected chi connectivity index (χ0v) is 10.2. The number of hydrogen-bond donors (Lipinski definition) is 1. The van der Waals surface area contributed by atoms with Crippen molar-refractivity contribution in [3.05, 3.63) is 24.3 Å². The molecule has 0 saturated heterocycles. The summed E-state index contributed by atoms with van der Waals surface area (Å²) >= 11 is 0. The van der Waals surface area contributed by atoms with Crippen LogP contribution >= 0.6 is 0 Å². The fourth-order valence-electron chi connectivity index (χ4n) is 2.49. The summed E-state index contributed by atoms with van der Waals surface area (Å²) in [7, 11) is 1.73. The molecule has 1 aliphatic carbocycles. The van der Waals surface area contributed by atoms with Crippen LogP contribution in [-0.4, -0.2) is 13.2 Å². The second-order valence-electron chi connectivity index (χ2n) is 4.71. The first-order chi connectivity index (χ1) is 7.81. The maximum atomic E-state index is 5.36. The number of rotatable bonds is 3. The normalized spacial score (nSPS) is 25.1. The van der Waals surface area contributed by atoms with Crippen LogP contribution in [0, 0.1) is 5.92 Å². The third-order valence-electron chi connectivity index (χ3n) is 3.56. The monoisotopic (exact) mass is 219 g/mol. The van der Waals surface area contributed by atoms with E-state index in [9.17, 15) is 0 Å². The number of hydrogen-bond acceptors (Lipinski definition) is 2. The van der Waals surface area contributed by atoms with Gasteiger partial charge >= 0.3 is 0 Å². The molecule has 0 bridgehead atoms. The summed E-state index contributed by atoms with van der Waals surface area (Å²) in [4.78, 5) is 0. The SMILES string of the molecule is COc1ccccc1NC1CCCCC1C. The molecule has 2 nitrogen and oxygen atoms in total. The minimum atomic E-state index is 0.602. The molecule has 1 N–H and O–H groups in total. The first-order valence-corrected chi connectivity index (χ1v) is 6.21. The third-order valence-corrected chi connectivity index (χ3v) is 3.56. The first-order valence-electron chi connectivity index (χ1n) is 6.21. The van der Waals surface area contributed by atoms with Crippen LogP contribution in [-0.2, 0) is 0 Å². The number of benzene rings is 1. The highest BCUT2D eigenvalue weighted by Gasteiger charge is 2.21. The van der Waals surface area contributed by atoms with E-state index in [1.165, 1.54) is 25.7 Å². The summed E-state index contributed by atoms with van der Waals surface area (Å²) in [6.07, 6.45) is 5.34. The third kappa shape index (κ3) is 2.49. The fraction of sp³-hybridized carbons (Fsp3) is 0.571. The van der Waals surface area contributed by atoms with Gasteiger partial charge in [0, 0.05) is 6.04 Å². The number of anilines is 1. The largest absolute Gasteiger partial charge is 0.495 e. The summed E-state index contributed by atoms with van der Waals surface area (Å²) in [5.41, 5.74) is 1.13. The Balaban J connectivity index is 2.07. The summed E-state index contributed by atoms with van der Waals surface area (Å²) in [5.74, 6) is 1.71. The zero-order valence-electron chi connectivity index (χ0n) is 10.2. The number of nitrogens with one attached hydrogen (secondary N) is 1. The molecule has 2 rings (SSSR count). The smallest absolute Gasteiger partial charge is 0.141 e. The minimum Gasteiger partial charge on any atom is -0.495 e. The molecular weight excluding hydrogens is 198 g/mol. The molecule has 1 aromatic rings. The summed E-state index contributed by atoms with van der Waals surface area (Å²) in [6, 6.07) is 8.77. The molecule has 2 heteroatoms. The fourth-order valence-corrected chi connectivity index (χ4v) is 2.49. The molecule has 2 atom stereocenters. The van der Waals surface area contributed by atoms with Crippen LogP contribution in [0.15, 0.2) is 24.3 Å². The van der Waals surface area contributed by atoms with Crippen LogP contribution in [0.3, 0.4) is 0 Å². The molecule has 0 radical (unpaired) electrons. The standard InChI is InChI=1S/C14H21NO/c1-11-7-3-4-8-12(11)15-13-9-5-6-10-14(13)16-2/h5-6,9-12,15H,3-4,7-8H2,1-2H3. The zero-order chi connectivity index (χ0) is 11.4. The van der Waals surface area contributed by atoms with Crippen molar-refractivity contribution in [3.8, 4) is 5.75 Å². The summed E-state index contributed by atoms with van der Waals surface area (Å²) in [5, 5.41) is 3.63. The van der Waals surface area contributed by atoms with Gasteiger partial charge in [0.25, 0.3) is 0 Å². The van der Waals surface area contributed by atoms with Gasteiger partial charge in [-0.3, -0.25) is 0 Å². The van der Waals surface area contributed by atoms with Gasteiger partial charge in [-0.05, 0) is 30.9 Å². The van der Waals surface area contributed by atoms with Gasteiger partial charge in [0.05, 0.1) is 12.8 Å². The van der Waals surface area contributed by atoms with Crippen LogP contribution in [0.1, 0.15) is 32.6 Å². The van der Waals surface area contributed by atoms with E-state index in [0.29, 0.717) is 6.04 Å². The molecule has 0 aliphatic heterocycles. The van der Waals surface area contributed by atoms with E-state index >= 15 is 0 Å². The Hall–Kier alpha value is -1.18. The maximum absolute atomic E-state index is 5.36. The van der Waals surface area contributed by atoms with Crippen molar-refractivity contribution in [1.82, 2.24) is 0 Å². The van der Waals surface area contributed by atoms with Gasteiger partial charge in [-0.2, -0.15) is 0 Å². The van der Waals surface area contributed by atoms with E-state index in [2.05, 4.69) is 24.4 Å². The van der Waals surface area contributed by atoms with Crippen LogP contribution < -0.4 is 10.1 Å². The number of ether oxygens (including phenoxy) is 1. The van der Waals surface area contributed by atoms with Crippen molar-refractivity contribution < 1.29 is 4.74 Å². The molecule has 16 heavy (non-hydrogen) atoms. The Bertz CT molecular complexity index is 337. The Labute approximate surface area is 98.0 Å². The van der Waals surface area contributed by atoms with Crippen LogP contribution in [0.25, 0.3) is 0 Å². The molecule has 0 amide bonds. The van der Waals surface area contributed by atoms with Crippen molar-refractivity contribution >= 4 is 5.69 Å². The lowest BCUT2D eigenvalue weighted by Crippen LogP contribution is -2.30. The van der Waals surface area contributed by atoms with Gasteiger partial charge in [-0.1, -0.05) is 31.9 Å². The molecule has 1 saturated carbocycles. The Kier molecular flexibility index (Phi) is 3.70. The van der Waals surface area contributed by atoms with Crippen molar-refractivity contribution in [2.45, 2.75) is 38.6 Å². The molecule has 88 valence electrons. The molecular formula is C14H21NO. The highest BCUT2D eigenvalue weighted by molar-refractivity contribution is 5.56. The average Bonchev–Trinajstić information content (AvgIpc) is 2.33. The van der Waals surface area contributed by atoms with E-state index in [0.717, 1.165) is 17.4 Å². The lowest BCUT2D eigenvalue weighted by molar-refractivity contribution is 0.347. The Morgan fingerprint density at radius 3 is 2.69 bits per heavy atom. The topological polar surface area (TPSA) is 21.3 Å². The lowest BCUT2D eigenvalue weighted by atomic mass is 9.86. The quantitative estimate of drug-likeness (QED) is 0.837. The van der Waals surface area contributed by atoms with Gasteiger partial charge < -0.3 is 10.1 Å². The second-order valence-corrected chi connectivity index (χ2v) is 4.71. The van der Waals surface area contributed by atoms with E-state index in [1.807, 2.05) is 12.1 Å². The van der Waals surface area contributed by atoms with E-state index in [1.54, 1.807) is 7.11 Å². The van der Waals surface area contributed by atoms with Gasteiger partial charge in [-0.15, -0.1) is 0 Å². The van der Waals surface area contributed by atoms with E-state index < -0.39 is 0 Å². The van der Waals surface area contributed by atoms with Crippen LogP contribution in [0.4, 0.5) is 5.69 Å². The average molecular weight is 219 g/mol.